The third-order valence-electron chi connectivity index (χ3n) is 6.12. The van der Waals surface area contributed by atoms with Crippen molar-refractivity contribution >= 4 is 16.8 Å². The van der Waals surface area contributed by atoms with Crippen molar-refractivity contribution in [2.45, 2.75) is 45.1 Å². The number of aromatic nitrogens is 2. The lowest BCUT2D eigenvalue weighted by Crippen LogP contribution is -2.32. The van der Waals surface area contributed by atoms with Crippen LogP contribution in [-0.4, -0.2) is 21.8 Å². The standard InChI is InChI=1S/C23H26FN3O/c1-14(25)15-6-8-16(9-7-15)22(28)12-17-10-11-26-23-19(17)13-21(27-23)18-4-2-3-5-20(18)24/h2-5,10-11,13-16H,6-9,12,25H2,1H3,(H,26,27). The molecule has 1 aliphatic carbocycles. The fraction of sp³-hybridized carbons (Fsp3) is 0.391. The molecule has 0 spiro atoms. The van der Waals surface area contributed by atoms with Gasteiger partial charge in [0.05, 0.1) is 5.69 Å². The van der Waals surface area contributed by atoms with E-state index >= 15 is 0 Å². The Kier molecular flexibility index (Phi) is 5.27. The number of rotatable bonds is 5. The average molecular weight is 379 g/mol. The zero-order valence-electron chi connectivity index (χ0n) is 16.1. The average Bonchev–Trinajstić information content (AvgIpc) is 3.13. The Balaban J connectivity index is 1.55. The lowest BCUT2D eigenvalue weighted by molar-refractivity contribution is -0.123. The summed E-state index contributed by atoms with van der Waals surface area (Å²) in [5, 5.41) is 0.887. The number of hydrogen-bond acceptors (Lipinski definition) is 3. The van der Waals surface area contributed by atoms with Gasteiger partial charge in [0, 0.05) is 35.5 Å². The smallest absolute Gasteiger partial charge is 0.140 e. The summed E-state index contributed by atoms with van der Waals surface area (Å²) in [7, 11) is 0. The number of pyridine rings is 1. The summed E-state index contributed by atoms with van der Waals surface area (Å²) in [5.41, 5.74) is 8.83. The molecule has 1 atom stereocenters. The molecule has 0 saturated heterocycles. The highest BCUT2D eigenvalue weighted by Gasteiger charge is 2.28. The molecule has 5 heteroatoms. The molecule has 0 bridgehead atoms. The van der Waals surface area contributed by atoms with Gasteiger partial charge in [-0.2, -0.15) is 0 Å². The minimum Gasteiger partial charge on any atom is -0.339 e. The Morgan fingerprint density at radius 3 is 2.71 bits per heavy atom. The lowest BCUT2D eigenvalue weighted by atomic mass is 9.76. The highest BCUT2D eigenvalue weighted by atomic mass is 19.1. The molecule has 0 radical (unpaired) electrons. The van der Waals surface area contributed by atoms with Crippen LogP contribution in [-0.2, 0) is 11.2 Å². The van der Waals surface area contributed by atoms with Crippen molar-refractivity contribution in [3.63, 3.8) is 0 Å². The fourth-order valence-electron chi connectivity index (χ4n) is 4.36. The van der Waals surface area contributed by atoms with Crippen LogP contribution in [0.3, 0.4) is 0 Å². The number of carbonyl (C=O) groups is 1. The summed E-state index contributed by atoms with van der Waals surface area (Å²) in [6, 6.07) is 10.7. The molecule has 1 unspecified atom stereocenters. The van der Waals surface area contributed by atoms with Crippen molar-refractivity contribution < 1.29 is 9.18 Å². The van der Waals surface area contributed by atoms with Crippen LogP contribution < -0.4 is 5.73 Å². The number of H-pyrrole nitrogens is 1. The van der Waals surface area contributed by atoms with Crippen molar-refractivity contribution in [1.82, 2.24) is 9.97 Å². The molecule has 4 nitrogen and oxygen atoms in total. The van der Waals surface area contributed by atoms with E-state index in [1.54, 1.807) is 24.4 Å². The maximum Gasteiger partial charge on any atom is 0.140 e. The van der Waals surface area contributed by atoms with Gasteiger partial charge in [0.25, 0.3) is 0 Å². The van der Waals surface area contributed by atoms with Gasteiger partial charge < -0.3 is 10.7 Å². The van der Waals surface area contributed by atoms with E-state index in [4.69, 9.17) is 5.73 Å². The molecule has 2 aromatic heterocycles. The third kappa shape index (κ3) is 3.72. The van der Waals surface area contributed by atoms with Gasteiger partial charge in [-0.15, -0.1) is 0 Å². The maximum absolute atomic E-state index is 14.1. The van der Waals surface area contributed by atoms with E-state index < -0.39 is 0 Å². The van der Waals surface area contributed by atoms with E-state index in [1.807, 2.05) is 12.1 Å². The molecule has 146 valence electrons. The molecule has 2 heterocycles. The van der Waals surface area contributed by atoms with Crippen LogP contribution in [0.25, 0.3) is 22.3 Å². The monoisotopic (exact) mass is 379 g/mol. The van der Waals surface area contributed by atoms with E-state index in [1.165, 1.54) is 6.07 Å². The Labute approximate surface area is 164 Å². The first-order chi connectivity index (χ1) is 13.5. The number of ketones is 1. The fourth-order valence-corrected chi connectivity index (χ4v) is 4.36. The van der Waals surface area contributed by atoms with Crippen molar-refractivity contribution in [3.05, 3.63) is 54.0 Å². The van der Waals surface area contributed by atoms with Crippen molar-refractivity contribution in [2.24, 2.45) is 17.6 Å². The number of fused-ring (bicyclic) bond motifs is 1. The summed E-state index contributed by atoms with van der Waals surface area (Å²) in [6.07, 6.45) is 6.00. The topological polar surface area (TPSA) is 71.8 Å². The summed E-state index contributed by atoms with van der Waals surface area (Å²) >= 11 is 0. The third-order valence-corrected chi connectivity index (χ3v) is 6.12. The Morgan fingerprint density at radius 1 is 1.25 bits per heavy atom. The second-order valence-electron chi connectivity index (χ2n) is 8.01. The van der Waals surface area contributed by atoms with E-state index in [9.17, 15) is 9.18 Å². The number of hydrogen-bond donors (Lipinski definition) is 2. The van der Waals surface area contributed by atoms with Crippen LogP contribution >= 0.6 is 0 Å². The number of Topliss-reactive ketones (excluding diaryl/α,β-unsaturated/α-hetero) is 1. The molecular weight excluding hydrogens is 353 g/mol. The molecule has 4 rings (SSSR count). The Hall–Kier alpha value is -2.53. The number of nitrogens with zero attached hydrogens (tertiary/aromatic N) is 1. The highest BCUT2D eigenvalue weighted by molar-refractivity contribution is 5.91. The van der Waals surface area contributed by atoms with Crippen LogP contribution in [0.2, 0.25) is 0 Å². The number of nitrogens with two attached hydrogens (primary N) is 1. The molecule has 3 aromatic rings. The molecular formula is C23H26FN3O. The van der Waals surface area contributed by atoms with E-state index in [-0.39, 0.29) is 23.6 Å². The maximum atomic E-state index is 14.1. The number of benzene rings is 1. The number of halogens is 1. The Bertz CT molecular complexity index is 986. The highest BCUT2D eigenvalue weighted by Crippen LogP contribution is 2.32. The van der Waals surface area contributed by atoms with Crippen molar-refractivity contribution in [3.8, 4) is 11.3 Å². The van der Waals surface area contributed by atoms with Crippen LogP contribution in [0.15, 0.2) is 42.6 Å². The molecule has 28 heavy (non-hydrogen) atoms. The van der Waals surface area contributed by atoms with Gasteiger partial charge >= 0.3 is 0 Å². The summed E-state index contributed by atoms with van der Waals surface area (Å²) in [4.78, 5) is 20.4. The Morgan fingerprint density at radius 2 is 2.00 bits per heavy atom. The van der Waals surface area contributed by atoms with Gasteiger partial charge in [-0.1, -0.05) is 12.1 Å². The minimum atomic E-state index is -0.280. The predicted octanol–water partition coefficient (Wildman–Crippen LogP) is 4.63. The van der Waals surface area contributed by atoms with Crippen LogP contribution in [0.1, 0.15) is 38.2 Å². The predicted molar refractivity (Wildman–Crippen MR) is 109 cm³/mol. The van der Waals surface area contributed by atoms with Gasteiger partial charge in [-0.05, 0) is 68.4 Å². The number of aromatic amines is 1. The lowest BCUT2D eigenvalue weighted by Gasteiger charge is -2.30. The quantitative estimate of drug-likeness (QED) is 0.679. The largest absolute Gasteiger partial charge is 0.339 e. The normalized spacial score (nSPS) is 21.0. The van der Waals surface area contributed by atoms with Gasteiger partial charge in [0.2, 0.25) is 0 Å². The van der Waals surface area contributed by atoms with E-state index in [2.05, 4.69) is 16.9 Å². The first-order valence-corrected chi connectivity index (χ1v) is 10.0. The summed E-state index contributed by atoms with van der Waals surface area (Å²) in [6.45, 7) is 2.06. The molecule has 0 aliphatic heterocycles. The number of nitrogens with one attached hydrogen (secondary N) is 1. The molecule has 0 amide bonds. The van der Waals surface area contributed by atoms with Crippen LogP contribution in [0, 0.1) is 17.7 Å². The first-order valence-electron chi connectivity index (χ1n) is 10.0. The second-order valence-corrected chi connectivity index (χ2v) is 8.01. The first kappa shape index (κ1) is 18.8. The molecule has 3 N–H and O–H groups in total. The molecule has 1 saturated carbocycles. The molecule has 1 aromatic carbocycles. The van der Waals surface area contributed by atoms with Crippen molar-refractivity contribution in [2.75, 3.05) is 0 Å². The van der Waals surface area contributed by atoms with Crippen molar-refractivity contribution in [1.29, 1.82) is 0 Å². The zero-order valence-corrected chi connectivity index (χ0v) is 16.1. The molecule has 1 aliphatic rings. The SMILES string of the molecule is CC(N)C1CCC(C(=O)Cc2ccnc3[nH]c(-c4ccccc4F)cc23)CC1. The van der Waals surface area contributed by atoms with Gasteiger partial charge in [0.1, 0.15) is 17.2 Å². The van der Waals surface area contributed by atoms with Crippen LogP contribution in [0.4, 0.5) is 4.39 Å². The summed E-state index contributed by atoms with van der Waals surface area (Å²) < 4.78 is 14.1. The zero-order chi connectivity index (χ0) is 19.7. The number of carbonyl (C=O) groups excluding carboxylic acids is 1. The van der Waals surface area contributed by atoms with Gasteiger partial charge in [0.15, 0.2) is 0 Å². The van der Waals surface area contributed by atoms with Crippen LogP contribution in [0.5, 0.6) is 0 Å². The molecule has 1 fully saturated rings. The van der Waals surface area contributed by atoms with Gasteiger partial charge in [-0.3, -0.25) is 4.79 Å². The van der Waals surface area contributed by atoms with E-state index in [0.717, 1.165) is 36.6 Å². The van der Waals surface area contributed by atoms with E-state index in [0.29, 0.717) is 29.2 Å². The van der Waals surface area contributed by atoms with Gasteiger partial charge in [-0.25, -0.2) is 9.37 Å². The second kappa shape index (κ2) is 7.84. The summed E-state index contributed by atoms with van der Waals surface area (Å²) in [5.74, 6) is 0.648. The minimum absolute atomic E-state index is 0.114.